The second-order valence-electron chi connectivity index (χ2n) is 3.97. The van der Waals surface area contributed by atoms with Crippen molar-refractivity contribution in [2.75, 3.05) is 0 Å². The molecule has 1 atom stereocenters. The summed E-state index contributed by atoms with van der Waals surface area (Å²) in [5, 5.41) is 9.01. The van der Waals surface area contributed by atoms with Gasteiger partial charge in [-0.15, -0.1) is 0 Å². The summed E-state index contributed by atoms with van der Waals surface area (Å²) in [6.45, 7) is 3.90. The minimum absolute atomic E-state index is 0.188. The number of alkyl halides is 3. The Bertz CT molecular complexity index is 406. The van der Waals surface area contributed by atoms with Gasteiger partial charge in [0.2, 0.25) is 0 Å². The Labute approximate surface area is 109 Å². The van der Waals surface area contributed by atoms with Crippen molar-refractivity contribution in [3.05, 3.63) is 29.8 Å². The summed E-state index contributed by atoms with van der Waals surface area (Å²) in [4.78, 5) is 0.384. The summed E-state index contributed by atoms with van der Waals surface area (Å²) in [5.74, 6) is -0.0291. The van der Waals surface area contributed by atoms with Gasteiger partial charge in [-0.05, 0) is 47.0 Å². The number of nitrogens with zero attached hydrogens (tertiary/aromatic N) is 1. The molecule has 5 heteroatoms. The van der Waals surface area contributed by atoms with Crippen LogP contribution in [0, 0.1) is 17.2 Å². The van der Waals surface area contributed by atoms with Gasteiger partial charge in [0, 0.05) is 4.90 Å². The Balaban J connectivity index is 2.85. The van der Waals surface area contributed by atoms with E-state index >= 15 is 0 Å². The summed E-state index contributed by atoms with van der Waals surface area (Å²) in [7, 11) is 0. The van der Waals surface area contributed by atoms with E-state index in [0.717, 1.165) is 5.56 Å². The van der Waals surface area contributed by atoms with Gasteiger partial charge in [0.25, 0.3) is 0 Å². The Hall–Kier alpha value is -0.790. The highest BCUT2D eigenvalue weighted by molar-refractivity contribution is 8.01. The van der Waals surface area contributed by atoms with Crippen LogP contribution in [0.15, 0.2) is 29.2 Å². The number of hydrogen-bond acceptors (Lipinski definition) is 2. The van der Waals surface area contributed by atoms with Gasteiger partial charge in [-0.1, -0.05) is 26.0 Å². The fourth-order valence-electron chi connectivity index (χ4n) is 1.49. The van der Waals surface area contributed by atoms with Gasteiger partial charge in [-0.25, -0.2) is 0 Å². The summed E-state index contributed by atoms with van der Waals surface area (Å²) in [6, 6.07) is 8.71. The van der Waals surface area contributed by atoms with Gasteiger partial charge >= 0.3 is 4.71 Å². The molecule has 0 aromatic heterocycles. The third kappa shape index (κ3) is 4.53. The maximum atomic E-state index is 12.5. The number of rotatable bonds is 4. The van der Waals surface area contributed by atoms with Gasteiger partial charge in [-0.2, -0.15) is 14.0 Å². The fourth-order valence-corrected chi connectivity index (χ4v) is 2.29. The molecule has 0 heterocycles. The largest absolute Gasteiger partial charge is 0.375 e. The molecule has 17 heavy (non-hydrogen) atoms. The number of nitriles is 1. The number of thioether (sulfide) groups is 1. The smallest absolute Gasteiger partial charge is 0.198 e. The molecule has 0 saturated heterocycles. The van der Waals surface area contributed by atoms with E-state index in [9.17, 15) is 8.78 Å². The number of hydrogen-bond donors (Lipinski definition) is 0. The van der Waals surface area contributed by atoms with Crippen molar-refractivity contribution in [3.63, 3.8) is 0 Å². The molecule has 0 fully saturated rings. The summed E-state index contributed by atoms with van der Waals surface area (Å²) < 4.78 is 21.8. The van der Waals surface area contributed by atoms with E-state index in [4.69, 9.17) is 16.9 Å². The molecule has 1 aromatic rings. The highest BCUT2D eigenvalue weighted by Gasteiger charge is 2.26. The van der Waals surface area contributed by atoms with E-state index in [0.29, 0.717) is 4.90 Å². The topological polar surface area (TPSA) is 23.8 Å². The zero-order chi connectivity index (χ0) is 13.1. The molecule has 0 radical (unpaired) electrons. The SMILES string of the molecule is CC(C)C(C#N)c1ccc(SC(F)(F)Cl)cc1. The van der Waals surface area contributed by atoms with Crippen LogP contribution in [0.5, 0.6) is 0 Å². The minimum atomic E-state index is -3.30. The zero-order valence-electron chi connectivity index (χ0n) is 9.45. The first kappa shape index (κ1) is 14.3. The Morgan fingerprint density at radius 2 is 1.82 bits per heavy atom. The second-order valence-corrected chi connectivity index (χ2v) is 5.85. The van der Waals surface area contributed by atoms with Crippen molar-refractivity contribution in [1.29, 1.82) is 5.26 Å². The van der Waals surface area contributed by atoms with Crippen LogP contribution >= 0.6 is 23.4 Å². The van der Waals surface area contributed by atoms with Crippen LogP contribution in [0.1, 0.15) is 25.3 Å². The Morgan fingerprint density at radius 3 is 2.18 bits per heavy atom. The second kappa shape index (κ2) is 5.70. The van der Waals surface area contributed by atoms with Gasteiger partial charge in [0.15, 0.2) is 0 Å². The van der Waals surface area contributed by atoms with Crippen molar-refractivity contribution >= 4 is 23.4 Å². The van der Waals surface area contributed by atoms with E-state index in [1.165, 1.54) is 0 Å². The van der Waals surface area contributed by atoms with E-state index in [1.807, 2.05) is 13.8 Å². The monoisotopic (exact) mass is 275 g/mol. The van der Waals surface area contributed by atoms with Crippen molar-refractivity contribution in [1.82, 2.24) is 0 Å². The fraction of sp³-hybridized carbons (Fsp3) is 0.417. The minimum Gasteiger partial charge on any atom is -0.198 e. The van der Waals surface area contributed by atoms with Gasteiger partial charge in [0.1, 0.15) is 0 Å². The van der Waals surface area contributed by atoms with Gasteiger partial charge in [-0.3, -0.25) is 0 Å². The zero-order valence-corrected chi connectivity index (χ0v) is 11.0. The van der Waals surface area contributed by atoms with E-state index < -0.39 is 4.71 Å². The highest BCUT2D eigenvalue weighted by atomic mass is 35.5. The molecule has 1 rings (SSSR count). The molecular weight excluding hydrogens is 264 g/mol. The lowest BCUT2D eigenvalue weighted by molar-refractivity contribution is 0.203. The average molecular weight is 276 g/mol. The van der Waals surface area contributed by atoms with Crippen LogP contribution in [-0.4, -0.2) is 4.71 Å². The van der Waals surface area contributed by atoms with Crippen LogP contribution in [0.3, 0.4) is 0 Å². The van der Waals surface area contributed by atoms with Crippen molar-refractivity contribution < 1.29 is 8.78 Å². The molecule has 1 nitrogen and oxygen atoms in total. The lowest BCUT2D eigenvalue weighted by Gasteiger charge is -2.14. The lowest BCUT2D eigenvalue weighted by atomic mass is 9.90. The molecule has 0 bridgehead atoms. The number of halogens is 3. The Kier molecular flexibility index (Phi) is 4.79. The number of benzene rings is 1. The first-order valence-electron chi connectivity index (χ1n) is 5.09. The summed E-state index contributed by atoms with van der Waals surface area (Å²) in [5.41, 5.74) is 0.838. The van der Waals surface area contributed by atoms with Crippen LogP contribution in [0.2, 0.25) is 0 Å². The van der Waals surface area contributed by atoms with Gasteiger partial charge < -0.3 is 0 Å². The lowest BCUT2D eigenvalue weighted by Crippen LogP contribution is -2.04. The van der Waals surface area contributed by atoms with Crippen molar-refractivity contribution in [3.8, 4) is 6.07 Å². The van der Waals surface area contributed by atoms with E-state index in [1.54, 1.807) is 24.3 Å². The van der Waals surface area contributed by atoms with E-state index in [2.05, 4.69) is 6.07 Å². The highest BCUT2D eigenvalue weighted by Crippen LogP contribution is 2.39. The molecule has 0 amide bonds. The summed E-state index contributed by atoms with van der Waals surface area (Å²) >= 11 is 5.11. The predicted molar refractivity (Wildman–Crippen MR) is 66.3 cm³/mol. The molecule has 0 N–H and O–H groups in total. The van der Waals surface area contributed by atoms with Crippen LogP contribution in [-0.2, 0) is 0 Å². The maximum Gasteiger partial charge on any atom is 0.375 e. The van der Waals surface area contributed by atoms with E-state index in [-0.39, 0.29) is 23.6 Å². The Morgan fingerprint density at radius 1 is 1.29 bits per heavy atom. The van der Waals surface area contributed by atoms with Crippen molar-refractivity contribution in [2.45, 2.75) is 29.4 Å². The molecule has 92 valence electrons. The molecule has 1 unspecified atom stereocenters. The first-order chi connectivity index (χ1) is 7.83. The molecular formula is C12H12ClF2NS. The molecule has 0 aliphatic heterocycles. The standard InChI is InChI=1S/C12H12ClF2NS/c1-8(2)11(7-16)9-3-5-10(6-4-9)17-12(13,14)15/h3-6,8,11H,1-2H3. The van der Waals surface area contributed by atoms with Crippen LogP contribution in [0.4, 0.5) is 8.78 Å². The third-order valence-electron chi connectivity index (χ3n) is 2.28. The van der Waals surface area contributed by atoms with Crippen LogP contribution < -0.4 is 0 Å². The normalized spacial score (nSPS) is 13.5. The molecule has 0 saturated carbocycles. The maximum absolute atomic E-state index is 12.5. The molecule has 1 aromatic carbocycles. The first-order valence-corrected chi connectivity index (χ1v) is 6.28. The molecule has 0 aliphatic rings. The van der Waals surface area contributed by atoms with Gasteiger partial charge in [0.05, 0.1) is 12.0 Å². The molecule has 0 aliphatic carbocycles. The summed E-state index contributed by atoms with van der Waals surface area (Å²) in [6.07, 6.45) is 0. The molecule has 0 spiro atoms. The predicted octanol–water partition coefficient (Wildman–Crippen LogP) is 4.83. The third-order valence-corrected chi connectivity index (χ3v) is 3.25. The quantitative estimate of drug-likeness (QED) is 0.580. The van der Waals surface area contributed by atoms with Crippen LogP contribution in [0.25, 0.3) is 0 Å². The average Bonchev–Trinajstić information content (AvgIpc) is 2.18. The van der Waals surface area contributed by atoms with Crippen molar-refractivity contribution in [2.24, 2.45) is 5.92 Å².